The zero-order valence-electron chi connectivity index (χ0n) is 29.1. The number of fused-ring (bicyclic) bond motifs is 3. The molecule has 0 bridgehead atoms. The first-order valence-corrected chi connectivity index (χ1v) is 18.3. The molecule has 0 aromatic heterocycles. The number of ether oxygens (including phenoxy) is 7. The normalized spacial score (nSPS) is 55.7. The van der Waals surface area contributed by atoms with Crippen LogP contribution in [0.3, 0.4) is 0 Å². The Bertz CT molecular complexity index is 1410. The third-order valence-electron chi connectivity index (χ3n) is 14.6. The number of esters is 1. The van der Waals surface area contributed by atoms with E-state index in [1.54, 1.807) is 13.0 Å². The van der Waals surface area contributed by atoms with Crippen LogP contribution in [0, 0.1) is 28.6 Å². The fourth-order valence-electron chi connectivity index (χ4n) is 11.9. The Hall–Kier alpha value is -1.56. The van der Waals surface area contributed by atoms with E-state index in [2.05, 4.69) is 13.8 Å². The summed E-state index contributed by atoms with van der Waals surface area (Å²) in [5.74, 6) is -0.665. The molecule has 1 spiro atoms. The first-order chi connectivity index (χ1) is 23.7. The van der Waals surface area contributed by atoms with Gasteiger partial charge in [-0.2, -0.15) is 0 Å². The van der Waals surface area contributed by atoms with Gasteiger partial charge in [-0.25, -0.2) is 4.79 Å². The van der Waals surface area contributed by atoms with E-state index in [0.717, 1.165) is 50.5 Å². The highest BCUT2D eigenvalue weighted by molar-refractivity contribution is 5.88. The summed E-state index contributed by atoms with van der Waals surface area (Å²) in [5.41, 5.74) is -1.05. The standard InChI is InChI=1S/C36H52O14/c1-16-29(49-31-27(41)26(40)25(39)21(14-37)48-31)30(44-4)28(42)32(46-16)47-19-5-8-33(2)18(12-19)13-23-36(50-23)22(33)7-9-34(3)20(6-10-35(34,36)43)17-11-24(38)45-15-17/h11,16,18-23,25,27-32,37,39,41-43H,5-10,12-15H2,1-4H3. The van der Waals surface area contributed by atoms with Crippen molar-refractivity contribution >= 4 is 11.8 Å². The Morgan fingerprint density at radius 1 is 0.940 bits per heavy atom. The maximum absolute atomic E-state index is 12.7. The molecule has 18 atom stereocenters. The van der Waals surface area contributed by atoms with Gasteiger partial charge in [-0.3, -0.25) is 4.79 Å². The molecule has 4 aliphatic heterocycles. The lowest BCUT2D eigenvalue weighted by Crippen LogP contribution is -2.68. The van der Waals surface area contributed by atoms with Gasteiger partial charge in [-0.05, 0) is 87.0 Å². The molecule has 0 aromatic rings. The van der Waals surface area contributed by atoms with E-state index < -0.39 is 84.3 Å². The van der Waals surface area contributed by atoms with Gasteiger partial charge in [0, 0.05) is 18.6 Å². The Morgan fingerprint density at radius 3 is 2.42 bits per heavy atom. The molecule has 50 heavy (non-hydrogen) atoms. The van der Waals surface area contributed by atoms with Gasteiger partial charge in [0.05, 0.1) is 24.9 Å². The number of carbonyl (C=O) groups excluding carboxylic acids is 2. The summed E-state index contributed by atoms with van der Waals surface area (Å²) >= 11 is 0. The molecule has 0 aromatic carbocycles. The molecule has 14 heteroatoms. The van der Waals surface area contributed by atoms with Crippen molar-refractivity contribution in [1.82, 2.24) is 0 Å². The molecule has 4 heterocycles. The molecule has 8 rings (SSSR count). The second-order valence-electron chi connectivity index (χ2n) is 16.7. The fraction of sp³-hybridized carbons (Fsp3) is 0.889. The Kier molecular flexibility index (Phi) is 8.68. The highest BCUT2D eigenvalue weighted by Crippen LogP contribution is 2.77. The van der Waals surface area contributed by atoms with Crippen LogP contribution in [0.4, 0.5) is 0 Å². The highest BCUT2D eigenvalue weighted by Gasteiger charge is 2.84. The zero-order chi connectivity index (χ0) is 35.5. The van der Waals surface area contributed by atoms with Gasteiger partial charge in [-0.1, -0.05) is 13.8 Å². The third-order valence-corrected chi connectivity index (χ3v) is 14.6. The van der Waals surface area contributed by atoms with Gasteiger partial charge in [0.25, 0.3) is 0 Å². The van der Waals surface area contributed by atoms with Crippen molar-refractivity contribution in [3.05, 3.63) is 11.6 Å². The van der Waals surface area contributed by atoms with E-state index in [-0.39, 0.29) is 41.3 Å². The van der Waals surface area contributed by atoms with Crippen LogP contribution in [0.15, 0.2) is 11.6 Å². The van der Waals surface area contributed by atoms with Gasteiger partial charge in [0.1, 0.15) is 48.3 Å². The molecule has 3 saturated heterocycles. The molecule has 4 saturated carbocycles. The Labute approximate surface area is 291 Å². The first kappa shape index (κ1) is 35.5. The van der Waals surface area contributed by atoms with Crippen molar-refractivity contribution in [1.29, 1.82) is 0 Å². The average molecular weight is 709 g/mol. The molecule has 4 aliphatic carbocycles. The summed E-state index contributed by atoms with van der Waals surface area (Å²) in [5, 5.41) is 54.0. The lowest BCUT2D eigenvalue weighted by Gasteiger charge is -2.62. The number of methoxy groups -OCH3 is 1. The number of epoxide rings is 1. The minimum absolute atomic E-state index is 0.0498. The number of Topliss-reactive ketones (excluding diaryl/α,β-unsaturated/α-hetero) is 1. The summed E-state index contributed by atoms with van der Waals surface area (Å²) in [7, 11) is 1.41. The van der Waals surface area contributed by atoms with E-state index in [1.165, 1.54) is 7.11 Å². The first-order valence-electron chi connectivity index (χ1n) is 18.3. The van der Waals surface area contributed by atoms with Gasteiger partial charge in [0.15, 0.2) is 24.5 Å². The van der Waals surface area contributed by atoms with Crippen LogP contribution >= 0.6 is 0 Å². The van der Waals surface area contributed by atoms with Crippen LogP contribution in [-0.4, -0.2) is 136 Å². The lowest BCUT2D eigenvalue weighted by molar-refractivity contribution is -0.347. The number of carbonyl (C=O) groups is 2. The predicted molar refractivity (Wildman–Crippen MR) is 169 cm³/mol. The maximum Gasteiger partial charge on any atom is 0.331 e. The predicted octanol–water partition coefficient (Wildman–Crippen LogP) is 0.274. The molecule has 18 unspecified atom stereocenters. The van der Waals surface area contributed by atoms with E-state index in [9.17, 15) is 35.1 Å². The smallest absolute Gasteiger partial charge is 0.331 e. The molecule has 280 valence electrons. The van der Waals surface area contributed by atoms with E-state index in [4.69, 9.17) is 33.2 Å². The second kappa shape index (κ2) is 12.2. The minimum atomic E-state index is -1.80. The van der Waals surface area contributed by atoms with Crippen molar-refractivity contribution in [2.75, 3.05) is 20.3 Å². The summed E-state index contributed by atoms with van der Waals surface area (Å²) < 4.78 is 41.6. The quantitative estimate of drug-likeness (QED) is 0.137. The molecular formula is C36H52O14. The zero-order valence-corrected chi connectivity index (χ0v) is 29.1. The molecule has 0 amide bonds. The number of hydrogen-bond acceptors (Lipinski definition) is 14. The van der Waals surface area contributed by atoms with Gasteiger partial charge in [0.2, 0.25) is 0 Å². The number of aliphatic hydroxyl groups is 5. The highest BCUT2D eigenvalue weighted by atomic mass is 16.7. The number of ketones is 1. The second-order valence-corrected chi connectivity index (χ2v) is 16.7. The molecule has 8 aliphatic rings. The van der Waals surface area contributed by atoms with Crippen molar-refractivity contribution in [3.8, 4) is 0 Å². The summed E-state index contributed by atoms with van der Waals surface area (Å²) in [4.78, 5) is 24.3. The van der Waals surface area contributed by atoms with Crippen LogP contribution < -0.4 is 0 Å². The van der Waals surface area contributed by atoms with Crippen molar-refractivity contribution in [2.45, 2.75) is 151 Å². The minimum Gasteiger partial charge on any atom is -0.458 e. The number of aliphatic hydroxyl groups excluding tert-OH is 4. The van der Waals surface area contributed by atoms with Crippen LogP contribution in [0.25, 0.3) is 0 Å². The summed E-state index contributed by atoms with van der Waals surface area (Å²) in [6.07, 6.45) is -3.42. The molecule has 0 radical (unpaired) electrons. The number of rotatable bonds is 7. The molecular weight excluding hydrogens is 656 g/mol. The largest absolute Gasteiger partial charge is 0.458 e. The van der Waals surface area contributed by atoms with Crippen LogP contribution in [-0.2, 0) is 42.7 Å². The fourth-order valence-corrected chi connectivity index (χ4v) is 11.9. The van der Waals surface area contributed by atoms with Crippen molar-refractivity contribution < 1.29 is 68.3 Å². The van der Waals surface area contributed by atoms with Crippen LogP contribution in [0.5, 0.6) is 0 Å². The average Bonchev–Trinajstić information content (AvgIpc) is 3.53. The van der Waals surface area contributed by atoms with E-state index in [1.807, 2.05) is 0 Å². The SMILES string of the molecule is COC1C(O)C(OC2CCC3(C)C(C2)CC2OC24C3CCC2(C)C(C3=CC(=O)OC3)CCC24O)OC(C)C1OC1OC(CO)C(O)C(=O)C1O. The molecule has 14 nitrogen and oxygen atoms in total. The number of hydrogen-bond donors (Lipinski definition) is 5. The monoisotopic (exact) mass is 708 g/mol. The van der Waals surface area contributed by atoms with Crippen LogP contribution in [0.1, 0.15) is 72.1 Å². The summed E-state index contributed by atoms with van der Waals surface area (Å²) in [6.45, 7) is 5.91. The van der Waals surface area contributed by atoms with Gasteiger partial charge in [-0.15, -0.1) is 0 Å². The van der Waals surface area contributed by atoms with E-state index in [0.29, 0.717) is 13.0 Å². The maximum atomic E-state index is 12.7. The van der Waals surface area contributed by atoms with Crippen molar-refractivity contribution in [3.63, 3.8) is 0 Å². The van der Waals surface area contributed by atoms with Crippen molar-refractivity contribution in [2.24, 2.45) is 28.6 Å². The lowest BCUT2D eigenvalue weighted by atomic mass is 9.43. The topological polar surface area (TPSA) is 203 Å². The van der Waals surface area contributed by atoms with Gasteiger partial charge >= 0.3 is 5.97 Å². The van der Waals surface area contributed by atoms with Gasteiger partial charge < -0.3 is 58.7 Å². The Balaban J connectivity index is 0.934. The van der Waals surface area contributed by atoms with E-state index >= 15 is 0 Å². The summed E-state index contributed by atoms with van der Waals surface area (Å²) in [6, 6.07) is 0. The molecule has 7 fully saturated rings. The number of cyclic esters (lactones) is 1. The van der Waals surface area contributed by atoms with Crippen LogP contribution in [0.2, 0.25) is 0 Å². The Morgan fingerprint density at radius 2 is 1.72 bits per heavy atom. The molecule has 5 N–H and O–H groups in total. The third kappa shape index (κ3) is 4.86.